The van der Waals surface area contributed by atoms with Crippen molar-refractivity contribution in [3.63, 3.8) is 0 Å². The smallest absolute Gasteiger partial charge is 0.133 e. The molecule has 1 aromatic carbocycles. The standard InChI is InChI=1S/C8H8N3O/c1-8(6-12,10-11-9)7-4-2-3-5-7/h2-6H,1H3/q-1/t8-/m0/s1. The third kappa shape index (κ3) is 1.33. The molecule has 0 N–H and O–H groups in total. The van der Waals surface area contributed by atoms with E-state index < -0.39 is 5.54 Å². The summed E-state index contributed by atoms with van der Waals surface area (Å²) < 4.78 is 0. The third-order valence-corrected chi connectivity index (χ3v) is 1.73. The van der Waals surface area contributed by atoms with Crippen molar-refractivity contribution in [2.75, 3.05) is 0 Å². The molecule has 0 unspecified atom stereocenters. The molecule has 0 heterocycles. The van der Waals surface area contributed by atoms with E-state index in [1.54, 1.807) is 31.2 Å². The molecule has 0 spiro atoms. The van der Waals surface area contributed by atoms with Crippen LogP contribution in [0.25, 0.3) is 10.4 Å². The van der Waals surface area contributed by atoms with Crippen molar-refractivity contribution in [3.05, 3.63) is 40.3 Å². The Hall–Kier alpha value is -1.67. The van der Waals surface area contributed by atoms with Gasteiger partial charge >= 0.3 is 0 Å². The van der Waals surface area contributed by atoms with Crippen LogP contribution in [0.3, 0.4) is 0 Å². The Labute approximate surface area is 69.8 Å². The summed E-state index contributed by atoms with van der Waals surface area (Å²) in [6.45, 7) is 1.58. The van der Waals surface area contributed by atoms with Gasteiger partial charge in [0.2, 0.25) is 0 Å². The van der Waals surface area contributed by atoms with Crippen LogP contribution in [0.4, 0.5) is 0 Å². The van der Waals surface area contributed by atoms with Gasteiger partial charge in [0.15, 0.2) is 0 Å². The topological polar surface area (TPSA) is 65.8 Å². The molecule has 12 heavy (non-hydrogen) atoms. The molecule has 0 saturated carbocycles. The quantitative estimate of drug-likeness (QED) is 0.221. The Kier molecular flexibility index (Phi) is 2.21. The van der Waals surface area contributed by atoms with Crippen molar-refractivity contribution in [1.29, 1.82) is 0 Å². The van der Waals surface area contributed by atoms with Crippen LogP contribution in [-0.4, -0.2) is 6.29 Å². The lowest BCUT2D eigenvalue weighted by molar-refractivity contribution is -0.111. The van der Waals surface area contributed by atoms with Gasteiger partial charge in [-0.2, -0.15) is 17.7 Å². The highest BCUT2D eigenvalue weighted by molar-refractivity contribution is 5.67. The van der Waals surface area contributed by atoms with Gasteiger partial charge in [-0.15, -0.1) is 0 Å². The van der Waals surface area contributed by atoms with Gasteiger partial charge in [-0.05, 0) is 12.5 Å². The monoisotopic (exact) mass is 162 g/mol. The van der Waals surface area contributed by atoms with Crippen molar-refractivity contribution in [1.82, 2.24) is 0 Å². The van der Waals surface area contributed by atoms with Crippen molar-refractivity contribution in [2.24, 2.45) is 5.11 Å². The number of carbonyl (C=O) groups is 1. The third-order valence-electron chi connectivity index (χ3n) is 1.73. The largest absolute Gasteiger partial charge is 0.302 e. The molecule has 0 aromatic heterocycles. The van der Waals surface area contributed by atoms with Crippen LogP contribution >= 0.6 is 0 Å². The molecule has 1 aromatic rings. The van der Waals surface area contributed by atoms with E-state index in [-0.39, 0.29) is 0 Å². The Bertz CT molecular complexity index is 311. The molecule has 1 rings (SSSR count). The van der Waals surface area contributed by atoms with Gasteiger partial charge in [0, 0.05) is 4.91 Å². The molecule has 0 saturated heterocycles. The second-order valence-corrected chi connectivity index (χ2v) is 2.63. The van der Waals surface area contributed by atoms with Gasteiger partial charge in [0.05, 0.1) is 0 Å². The van der Waals surface area contributed by atoms with E-state index >= 15 is 0 Å². The van der Waals surface area contributed by atoms with Gasteiger partial charge in [-0.25, -0.2) is 12.1 Å². The minimum Gasteiger partial charge on any atom is -0.302 e. The second-order valence-electron chi connectivity index (χ2n) is 2.63. The van der Waals surface area contributed by atoms with Crippen molar-refractivity contribution >= 4 is 6.29 Å². The van der Waals surface area contributed by atoms with E-state index in [1.165, 1.54) is 0 Å². The number of rotatable bonds is 3. The molecular weight excluding hydrogens is 154 g/mol. The number of azide groups is 1. The van der Waals surface area contributed by atoms with E-state index in [4.69, 9.17) is 5.53 Å². The fourth-order valence-electron chi connectivity index (χ4n) is 0.954. The SMILES string of the molecule is C[C@@](C=O)(N=[N+]=[N-])c1ccc[cH-]1. The number of nitrogens with zero attached hydrogens (tertiary/aromatic N) is 3. The molecule has 0 aliphatic rings. The molecule has 0 aliphatic carbocycles. The molecule has 0 fully saturated rings. The number of hydrogen-bond acceptors (Lipinski definition) is 2. The predicted molar refractivity (Wildman–Crippen MR) is 44.6 cm³/mol. The van der Waals surface area contributed by atoms with Crippen LogP contribution < -0.4 is 0 Å². The number of carbonyl (C=O) groups excluding carboxylic acids is 1. The summed E-state index contributed by atoms with van der Waals surface area (Å²) in [6, 6.07) is 7.10. The average molecular weight is 162 g/mol. The molecule has 4 heteroatoms. The number of aldehydes is 1. The highest BCUT2D eigenvalue weighted by atomic mass is 16.1. The molecule has 0 amide bonds. The zero-order valence-corrected chi connectivity index (χ0v) is 6.64. The maximum absolute atomic E-state index is 10.7. The van der Waals surface area contributed by atoms with Crippen molar-refractivity contribution < 1.29 is 4.79 Å². The van der Waals surface area contributed by atoms with Crippen molar-refractivity contribution in [3.8, 4) is 0 Å². The maximum Gasteiger partial charge on any atom is 0.133 e. The van der Waals surface area contributed by atoms with Gasteiger partial charge < -0.3 is 4.79 Å². The fourth-order valence-corrected chi connectivity index (χ4v) is 0.954. The van der Waals surface area contributed by atoms with E-state index in [2.05, 4.69) is 10.0 Å². The summed E-state index contributed by atoms with van der Waals surface area (Å²) in [7, 11) is 0. The molecular formula is C8H8N3O-. The zero-order chi connectivity index (χ0) is 9.03. The van der Waals surface area contributed by atoms with Crippen LogP contribution in [0, 0.1) is 0 Å². The van der Waals surface area contributed by atoms with E-state index in [1.807, 2.05) is 0 Å². The molecule has 0 radical (unpaired) electrons. The maximum atomic E-state index is 10.7. The summed E-state index contributed by atoms with van der Waals surface area (Å²) >= 11 is 0. The Balaban J connectivity index is 3.11. The summed E-state index contributed by atoms with van der Waals surface area (Å²) in [5, 5.41) is 3.43. The first kappa shape index (κ1) is 8.43. The first-order chi connectivity index (χ1) is 5.73. The Morgan fingerprint density at radius 3 is 3.00 bits per heavy atom. The first-order valence-corrected chi connectivity index (χ1v) is 3.48. The van der Waals surface area contributed by atoms with E-state index in [9.17, 15) is 4.79 Å². The lowest BCUT2D eigenvalue weighted by Crippen LogP contribution is -2.18. The van der Waals surface area contributed by atoms with Crippen LogP contribution in [0.15, 0.2) is 29.4 Å². The lowest BCUT2D eigenvalue weighted by atomic mass is 9.98. The zero-order valence-electron chi connectivity index (χ0n) is 6.64. The first-order valence-electron chi connectivity index (χ1n) is 3.48. The molecule has 62 valence electrons. The normalized spacial score (nSPS) is 14.4. The summed E-state index contributed by atoms with van der Waals surface area (Å²) in [4.78, 5) is 13.3. The second kappa shape index (κ2) is 3.15. The van der Waals surface area contributed by atoms with Gasteiger partial charge in [0.25, 0.3) is 0 Å². The summed E-state index contributed by atoms with van der Waals surface area (Å²) in [5.41, 5.74) is 7.89. The van der Waals surface area contributed by atoms with Gasteiger partial charge in [-0.1, -0.05) is 5.11 Å². The highest BCUT2D eigenvalue weighted by Gasteiger charge is 2.19. The van der Waals surface area contributed by atoms with Crippen LogP contribution in [0.5, 0.6) is 0 Å². The fraction of sp³-hybridized carbons (Fsp3) is 0.250. The average Bonchev–Trinajstić information content (AvgIpc) is 2.57. The highest BCUT2D eigenvalue weighted by Crippen LogP contribution is 2.23. The van der Waals surface area contributed by atoms with Gasteiger partial charge in [0.1, 0.15) is 11.8 Å². The molecule has 4 nitrogen and oxygen atoms in total. The molecule has 1 atom stereocenters. The van der Waals surface area contributed by atoms with Crippen LogP contribution in [0.2, 0.25) is 0 Å². The van der Waals surface area contributed by atoms with E-state index in [0.29, 0.717) is 6.29 Å². The van der Waals surface area contributed by atoms with E-state index in [0.717, 1.165) is 5.56 Å². The summed E-state index contributed by atoms with van der Waals surface area (Å²) in [5.74, 6) is 0. The van der Waals surface area contributed by atoms with Crippen molar-refractivity contribution in [2.45, 2.75) is 12.5 Å². The predicted octanol–water partition coefficient (Wildman–Crippen LogP) is 2.13. The summed E-state index contributed by atoms with van der Waals surface area (Å²) in [6.07, 6.45) is 0.641. The lowest BCUT2D eigenvalue weighted by Gasteiger charge is -2.18. The minimum atomic E-state index is -1.06. The minimum absolute atomic E-state index is 0.641. The van der Waals surface area contributed by atoms with Crippen LogP contribution in [0.1, 0.15) is 12.5 Å². The van der Waals surface area contributed by atoms with Crippen LogP contribution in [-0.2, 0) is 10.3 Å². The Morgan fingerprint density at radius 2 is 2.58 bits per heavy atom. The van der Waals surface area contributed by atoms with Gasteiger partial charge in [-0.3, -0.25) is 0 Å². The number of hydrogen-bond donors (Lipinski definition) is 0. The molecule has 0 bridgehead atoms. The Morgan fingerprint density at radius 1 is 1.83 bits per heavy atom. The molecule has 0 aliphatic heterocycles.